The maximum absolute atomic E-state index is 12.9. The SMILES string of the molecule is O=C1CCc2cc(NC(=O)c3ccccc3N3CCOCC3)ccc2N1. The van der Waals surface area contributed by atoms with Gasteiger partial charge in [-0.2, -0.15) is 0 Å². The zero-order valence-corrected chi connectivity index (χ0v) is 14.5. The van der Waals surface area contributed by atoms with Gasteiger partial charge in [0.05, 0.1) is 18.8 Å². The van der Waals surface area contributed by atoms with Gasteiger partial charge in [0.1, 0.15) is 0 Å². The minimum absolute atomic E-state index is 0.0359. The third kappa shape index (κ3) is 3.41. The molecule has 2 N–H and O–H groups in total. The van der Waals surface area contributed by atoms with Crippen molar-refractivity contribution in [1.82, 2.24) is 0 Å². The third-order valence-electron chi connectivity index (χ3n) is 4.76. The molecule has 2 aromatic carbocycles. The molecule has 0 bridgehead atoms. The first kappa shape index (κ1) is 16.6. The number of rotatable bonds is 3. The molecule has 26 heavy (non-hydrogen) atoms. The molecule has 0 radical (unpaired) electrons. The molecule has 1 saturated heterocycles. The van der Waals surface area contributed by atoms with Crippen LogP contribution in [0.3, 0.4) is 0 Å². The predicted octanol–water partition coefficient (Wildman–Crippen LogP) is 2.66. The summed E-state index contributed by atoms with van der Waals surface area (Å²) in [6.07, 6.45) is 1.17. The molecule has 0 atom stereocenters. The van der Waals surface area contributed by atoms with E-state index in [4.69, 9.17) is 4.74 Å². The summed E-state index contributed by atoms with van der Waals surface area (Å²) in [6.45, 7) is 2.91. The Kier molecular flexibility index (Phi) is 4.58. The van der Waals surface area contributed by atoms with Crippen LogP contribution in [0.2, 0.25) is 0 Å². The Balaban J connectivity index is 1.55. The van der Waals surface area contributed by atoms with Gasteiger partial charge in [-0.05, 0) is 42.3 Å². The highest BCUT2D eigenvalue weighted by Crippen LogP contribution is 2.27. The highest BCUT2D eigenvalue weighted by molar-refractivity contribution is 6.08. The van der Waals surface area contributed by atoms with Crippen molar-refractivity contribution < 1.29 is 14.3 Å². The minimum atomic E-state index is -0.133. The predicted molar refractivity (Wildman–Crippen MR) is 101 cm³/mol. The number of carbonyl (C=O) groups is 2. The molecular formula is C20H21N3O3. The number of aryl methyl sites for hydroxylation is 1. The molecule has 2 aliphatic rings. The third-order valence-corrected chi connectivity index (χ3v) is 4.76. The second-order valence-electron chi connectivity index (χ2n) is 6.49. The Morgan fingerprint density at radius 2 is 1.88 bits per heavy atom. The van der Waals surface area contributed by atoms with Crippen LogP contribution in [-0.4, -0.2) is 38.1 Å². The van der Waals surface area contributed by atoms with Crippen LogP contribution in [0.5, 0.6) is 0 Å². The number of nitrogens with one attached hydrogen (secondary N) is 2. The number of carbonyl (C=O) groups excluding carboxylic acids is 2. The van der Waals surface area contributed by atoms with Crippen LogP contribution in [0.25, 0.3) is 0 Å². The highest BCUT2D eigenvalue weighted by Gasteiger charge is 2.19. The molecule has 0 unspecified atom stereocenters. The van der Waals surface area contributed by atoms with Crippen LogP contribution in [-0.2, 0) is 16.0 Å². The van der Waals surface area contributed by atoms with Gasteiger partial charge in [-0.15, -0.1) is 0 Å². The fourth-order valence-corrected chi connectivity index (χ4v) is 3.41. The van der Waals surface area contributed by atoms with E-state index >= 15 is 0 Å². The Morgan fingerprint density at radius 1 is 1.08 bits per heavy atom. The molecule has 1 fully saturated rings. The first-order valence-corrected chi connectivity index (χ1v) is 8.86. The molecule has 2 amide bonds. The van der Waals surface area contributed by atoms with Gasteiger partial charge in [0, 0.05) is 36.6 Å². The lowest BCUT2D eigenvalue weighted by atomic mass is 10.0. The van der Waals surface area contributed by atoms with E-state index < -0.39 is 0 Å². The van der Waals surface area contributed by atoms with Crippen LogP contribution >= 0.6 is 0 Å². The number of hydrogen-bond acceptors (Lipinski definition) is 4. The van der Waals surface area contributed by atoms with Crippen LogP contribution in [0.15, 0.2) is 42.5 Å². The van der Waals surface area contributed by atoms with Gasteiger partial charge in [0.2, 0.25) is 5.91 Å². The number of para-hydroxylation sites is 1. The summed E-state index contributed by atoms with van der Waals surface area (Å²) in [5, 5.41) is 5.84. The number of fused-ring (bicyclic) bond motifs is 1. The van der Waals surface area contributed by atoms with Crippen LogP contribution in [0.4, 0.5) is 17.1 Å². The van der Waals surface area contributed by atoms with E-state index in [-0.39, 0.29) is 11.8 Å². The van der Waals surface area contributed by atoms with E-state index in [1.165, 1.54) is 0 Å². The van der Waals surface area contributed by atoms with Crippen molar-refractivity contribution in [2.24, 2.45) is 0 Å². The van der Waals surface area contributed by atoms with E-state index in [1.807, 2.05) is 42.5 Å². The smallest absolute Gasteiger partial charge is 0.257 e. The van der Waals surface area contributed by atoms with Crippen molar-refractivity contribution in [2.45, 2.75) is 12.8 Å². The summed E-state index contributed by atoms with van der Waals surface area (Å²) in [4.78, 5) is 26.5. The quantitative estimate of drug-likeness (QED) is 0.892. The van der Waals surface area contributed by atoms with Gasteiger partial charge in [-0.25, -0.2) is 0 Å². The monoisotopic (exact) mass is 351 g/mol. The summed E-state index contributed by atoms with van der Waals surface area (Å²) in [7, 11) is 0. The number of hydrogen-bond donors (Lipinski definition) is 2. The summed E-state index contributed by atoms with van der Waals surface area (Å²) < 4.78 is 5.41. The molecule has 0 spiro atoms. The summed E-state index contributed by atoms with van der Waals surface area (Å²) >= 11 is 0. The first-order chi connectivity index (χ1) is 12.7. The Labute approximate surface area is 152 Å². The standard InChI is InChI=1S/C20H21N3O3/c24-19-8-5-14-13-15(6-7-17(14)22-19)21-20(25)16-3-1-2-4-18(16)23-9-11-26-12-10-23/h1-4,6-7,13H,5,8-12H2,(H,21,25)(H,22,24). The Hall–Kier alpha value is -2.86. The average molecular weight is 351 g/mol. The van der Waals surface area contributed by atoms with Crippen molar-refractivity contribution in [3.8, 4) is 0 Å². The van der Waals surface area contributed by atoms with Crippen molar-refractivity contribution in [2.75, 3.05) is 41.8 Å². The van der Waals surface area contributed by atoms with Gasteiger partial charge in [-0.1, -0.05) is 12.1 Å². The second-order valence-corrected chi connectivity index (χ2v) is 6.49. The van der Waals surface area contributed by atoms with E-state index in [9.17, 15) is 9.59 Å². The molecule has 6 heteroatoms. The summed E-state index contributed by atoms with van der Waals surface area (Å²) in [5.74, 6) is -0.0967. The van der Waals surface area contributed by atoms with Gasteiger partial charge < -0.3 is 20.3 Å². The van der Waals surface area contributed by atoms with Crippen molar-refractivity contribution in [3.05, 3.63) is 53.6 Å². The zero-order valence-electron chi connectivity index (χ0n) is 14.5. The molecule has 0 aliphatic carbocycles. The highest BCUT2D eigenvalue weighted by atomic mass is 16.5. The molecule has 6 nitrogen and oxygen atoms in total. The lowest BCUT2D eigenvalue weighted by Gasteiger charge is -2.30. The van der Waals surface area contributed by atoms with E-state index in [1.54, 1.807) is 0 Å². The van der Waals surface area contributed by atoms with E-state index in [2.05, 4.69) is 15.5 Å². The lowest BCUT2D eigenvalue weighted by molar-refractivity contribution is -0.116. The minimum Gasteiger partial charge on any atom is -0.378 e. The maximum Gasteiger partial charge on any atom is 0.257 e. The topological polar surface area (TPSA) is 70.7 Å². The average Bonchev–Trinajstić information content (AvgIpc) is 2.69. The van der Waals surface area contributed by atoms with Crippen molar-refractivity contribution >= 4 is 28.9 Å². The Bertz CT molecular complexity index is 844. The van der Waals surface area contributed by atoms with Crippen molar-refractivity contribution in [3.63, 3.8) is 0 Å². The van der Waals surface area contributed by atoms with Gasteiger partial charge in [0.25, 0.3) is 5.91 Å². The zero-order chi connectivity index (χ0) is 17.9. The van der Waals surface area contributed by atoms with Crippen LogP contribution in [0.1, 0.15) is 22.3 Å². The molecule has 0 aromatic heterocycles. The molecule has 2 aromatic rings. The molecular weight excluding hydrogens is 330 g/mol. The number of nitrogens with zero attached hydrogens (tertiary/aromatic N) is 1. The summed E-state index contributed by atoms with van der Waals surface area (Å²) in [6, 6.07) is 13.2. The molecule has 2 aliphatic heterocycles. The number of amides is 2. The normalized spacial score (nSPS) is 16.6. The molecule has 4 rings (SSSR count). The van der Waals surface area contributed by atoms with Crippen LogP contribution in [0, 0.1) is 0 Å². The van der Waals surface area contributed by atoms with Gasteiger partial charge >= 0.3 is 0 Å². The molecule has 2 heterocycles. The first-order valence-electron chi connectivity index (χ1n) is 8.86. The largest absolute Gasteiger partial charge is 0.378 e. The van der Waals surface area contributed by atoms with Gasteiger partial charge in [-0.3, -0.25) is 9.59 Å². The van der Waals surface area contributed by atoms with Crippen LogP contribution < -0.4 is 15.5 Å². The second kappa shape index (κ2) is 7.17. The fourth-order valence-electron chi connectivity index (χ4n) is 3.41. The maximum atomic E-state index is 12.9. The van der Waals surface area contributed by atoms with Crippen molar-refractivity contribution in [1.29, 1.82) is 0 Å². The lowest BCUT2D eigenvalue weighted by Crippen LogP contribution is -2.37. The van der Waals surface area contributed by atoms with E-state index in [0.29, 0.717) is 31.6 Å². The van der Waals surface area contributed by atoms with E-state index in [0.717, 1.165) is 35.7 Å². The molecule has 0 saturated carbocycles. The fraction of sp³-hybridized carbons (Fsp3) is 0.300. The molecule has 134 valence electrons. The number of anilines is 3. The Morgan fingerprint density at radius 3 is 2.73 bits per heavy atom. The number of benzene rings is 2. The summed E-state index contributed by atoms with van der Waals surface area (Å²) in [5.41, 5.74) is 4.19. The van der Waals surface area contributed by atoms with Gasteiger partial charge in [0.15, 0.2) is 0 Å². The number of morpholine rings is 1. The number of ether oxygens (including phenoxy) is 1.